The smallest absolute Gasteiger partial charge is 0.223 e. The molecular formula is C19H36N2O2. The number of ether oxygens (including phenoxy) is 1. The van der Waals surface area contributed by atoms with Crippen LogP contribution in [0.1, 0.15) is 59.8 Å². The number of nitrogens with zero attached hydrogens (tertiary/aromatic N) is 1. The zero-order valence-corrected chi connectivity index (χ0v) is 15.6. The molecule has 23 heavy (non-hydrogen) atoms. The molecule has 1 aliphatic carbocycles. The fourth-order valence-corrected chi connectivity index (χ4v) is 4.06. The van der Waals surface area contributed by atoms with Gasteiger partial charge in [-0.1, -0.05) is 13.8 Å². The van der Waals surface area contributed by atoms with Crippen LogP contribution >= 0.6 is 0 Å². The molecule has 1 saturated carbocycles. The summed E-state index contributed by atoms with van der Waals surface area (Å²) in [6, 6.07) is 0. The van der Waals surface area contributed by atoms with E-state index in [0.717, 1.165) is 51.2 Å². The van der Waals surface area contributed by atoms with E-state index in [1.807, 2.05) is 0 Å². The summed E-state index contributed by atoms with van der Waals surface area (Å²) in [6.07, 6.45) is 5.82. The first kappa shape index (κ1) is 18.7. The summed E-state index contributed by atoms with van der Waals surface area (Å²) in [5.41, 5.74) is 0.491. The number of rotatable bonds is 10. The molecule has 0 atom stereocenters. The predicted octanol–water partition coefficient (Wildman–Crippen LogP) is 3.07. The molecule has 2 rings (SSSR count). The van der Waals surface area contributed by atoms with Gasteiger partial charge in [0.05, 0.1) is 6.10 Å². The van der Waals surface area contributed by atoms with E-state index in [1.54, 1.807) is 0 Å². The first-order valence-electron chi connectivity index (χ1n) is 9.52. The van der Waals surface area contributed by atoms with Crippen molar-refractivity contribution in [3.8, 4) is 0 Å². The van der Waals surface area contributed by atoms with Crippen LogP contribution in [0, 0.1) is 17.3 Å². The monoisotopic (exact) mass is 324 g/mol. The molecule has 4 nitrogen and oxygen atoms in total. The highest BCUT2D eigenvalue weighted by Gasteiger charge is 2.53. The Morgan fingerprint density at radius 3 is 2.48 bits per heavy atom. The van der Waals surface area contributed by atoms with Crippen molar-refractivity contribution in [1.82, 2.24) is 10.2 Å². The second kappa shape index (κ2) is 8.48. The van der Waals surface area contributed by atoms with Crippen molar-refractivity contribution < 1.29 is 9.53 Å². The molecule has 1 amide bonds. The number of hydrogen-bond donors (Lipinski definition) is 1. The van der Waals surface area contributed by atoms with Crippen molar-refractivity contribution in [2.45, 2.75) is 65.9 Å². The SMILES string of the molecule is CC(C)CN1CC2(CC(C(=O)NCCCCCOC(C)C)C2)C1. The van der Waals surface area contributed by atoms with Gasteiger partial charge in [-0.25, -0.2) is 0 Å². The Hall–Kier alpha value is -0.610. The van der Waals surface area contributed by atoms with Crippen molar-refractivity contribution in [3.05, 3.63) is 0 Å². The predicted molar refractivity (Wildman–Crippen MR) is 94.4 cm³/mol. The summed E-state index contributed by atoms with van der Waals surface area (Å²) in [4.78, 5) is 14.7. The van der Waals surface area contributed by atoms with Crippen molar-refractivity contribution in [2.75, 3.05) is 32.8 Å². The van der Waals surface area contributed by atoms with E-state index in [0.29, 0.717) is 11.5 Å². The van der Waals surface area contributed by atoms with E-state index in [1.165, 1.54) is 19.6 Å². The van der Waals surface area contributed by atoms with Crippen LogP contribution in [0.15, 0.2) is 0 Å². The number of carbonyl (C=O) groups excluding carboxylic acids is 1. The zero-order valence-electron chi connectivity index (χ0n) is 15.6. The fourth-order valence-electron chi connectivity index (χ4n) is 4.06. The molecule has 0 aromatic heterocycles. The number of amides is 1. The Morgan fingerprint density at radius 1 is 1.17 bits per heavy atom. The molecule has 1 heterocycles. The van der Waals surface area contributed by atoms with Gasteiger partial charge in [0, 0.05) is 38.7 Å². The molecule has 2 aliphatic rings. The van der Waals surface area contributed by atoms with Crippen molar-refractivity contribution >= 4 is 5.91 Å². The lowest BCUT2D eigenvalue weighted by Crippen LogP contribution is -2.64. The van der Waals surface area contributed by atoms with Crippen LogP contribution in [0.4, 0.5) is 0 Å². The maximum absolute atomic E-state index is 12.1. The molecule has 1 spiro atoms. The fraction of sp³-hybridized carbons (Fsp3) is 0.947. The van der Waals surface area contributed by atoms with Crippen LogP contribution in [0.3, 0.4) is 0 Å². The lowest BCUT2D eigenvalue weighted by molar-refractivity contribution is -0.145. The molecule has 0 aromatic rings. The molecule has 1 saturated heterocycles. The van der Waals surface area contributed by atoms with Crippen LogP contribution in [-0.2, 0) is 9.53 Å². The molecule has 134 valence electrons. The highest BCUT2D eigenvalue weighted by molar-refractivity contribution is 5.79. The maximum Gasteiger partial charge on any atom is 0.223 e. The molecule has 0 radical (unpaired) electrons. The first-order valence-corrected chi connectivity index (χ1v) is 9.52. The highest BCUT2D eigenvalue weighted by Crippen LogP contribution is 2.51. The van der Waals surface area contributed by atoms with Crippen LogP contribution in [-0.4, -0.2) is 49.7 Å². The third-order valence-corrected chi connectivity index (χ3v) is 5.04. The molecule has 1 aliphatic heterocycles. The van der Waals surface area contributed by atoms with E-state index in [2.05, 4.69) is 37.9 Å². The van der Waals surface area contributed by atoms with Gasteiger partial charge in [0.25, 0.3) is 0 Å². The number of unbranched alkanes of at least 4 members (excludes halogenated alkanes) is 2. The van der Waals surface area contributed by atoms with E-state index in [9.17, 15) is 4.79 Å². The minimum atomic E-state index is 0.278. The van der Waals surface area contributed by atoms with Crippen LogP contribution in [0.5, 0.6) is 0 Å². The van der Waals surface area contributed by atoms with Gasteiger partial charge in [-0.3, -0.25) is 4.79 Å². The number of nitrogens with one attached hydrogen (secondary N) is 1. The largest absolute Gasteiger partial charge is 0.379 e. The van der Waals surface area contributed by atoms with Crippen LogP contribution in [0.25, 0.3) is 0 Å². The average molecular weight is 325 g/mol. The summed E-state index contributed by atoms with van der Waals surface area (Å²) < 4.78 is 5.52. The molecular weight excluding hydrogens is 288 g/mol. The van der Waals surface area contributed by atoms with Gasteiger partial charge < -0.3 is 15.0 Å². The first-order chi connectivity index (χ1) is 10.9. The maximum atomic E-state index is 12.1. The third kappa shape index (κ3) is 5.75. The molecule has 1 N–H and O–H groups in total. The Morgan fingerprint density at radius 2 is 1.87 bits per heavy atom. The van der Waals surface area contributed by atoms with Gasteiger partial charge in [0.15, 0.2) is 0 Å². The standard InChI is InChI=1S/C19H36N2O2/c1-15(2)12-21-13-19(14-21)10-17(11-19)18(22)20-8-6-5-7-9-23-16(3)4/h15-17H,5-14H2,1-4H3,(H,20,22). The van der Waals surface area contributed by atoms with Crippen molar-refractivity contribution in [3.63, 3.8) is 0 Å². The van der Waals surface area contributed by atoms with Gasteiger partial charge in [-0.05, 0) is 57.3 Å². The average Bonchev–Trinajstić information content (AvgIpc) is 2.37. The molecule has 0 bridgehead atoms. The lowest BCUT2D eigenvalue weighted by atomic mass is 9.57. The summed E-state index contributed by atoms with van der Waals surface area (Å²) in [5.74, 6) is 1.31. The van der Waals surface area contributed by atoms with Crippen molar-refractivity contribution in [1.29, 1.82) is 0 Å². The molecule has 2 fully saturated rings. The second-order valence-corrected chi connectivity index (χ2v) is 8.44. The zero-order chi connectivity index (χ0) is 16.9. The minimum Gasteiger partial charge on any atom is -0.379 e. The third-order valence-electron chi connectivity index (χ3n) is 5.04. The van der Waals surface area contributed by atoms with Gasteiger partial charge >= 0.3 is 0 Å². The lowest BCUT2D eigenvalue weighted by Gasteiger charge is -2.59. The number of carbonyl (C=O) groups is 1. The van der Waals surface area contributed by atoms with Gasteiger partial charge in [-0.2, -0.15) is 0 Å². The molecule has 4 heteroatoms. The van der Waals surface area contributed by atoms with Gasteiger partial charge in [-0.15, -0.1) is 0 Å². The summed E-state index contributed by atoms with van der Waals surface area (Å²) in [7, 11) is 0. The van der Waals surface area contributed by atoms with Gasteiger partial charge in [0.2, 0.25) is 5.91 Å². The van der Waals surface area contributed by atoms with E-state index >= 15 is 0 Å². The summed E-state index contributed by atoms with van der Waals surface area (Å²) >= 11 is 0. The topological polar surface area (TPSA) is 41.6 Å². The summed E-state index contributed by atoms with van der Waals surface area (Å²) in [6.45, 7) is 14.0. The minimum absolute atomic E-state index is 0.278. The summed E-state index contributed by atoms with van der Waals surface area (Å²) in [5, 5.41) is 3.12. The Bertz CT molecular complexity index is 368. The molecule has 0 aromatic carbocycles. The number of likely N-dealkylation sites (tertiary alicyclic amines) is 1. The van der Waals surface area contributed by atoms with Gasteiger partial charge in [0.1, 0.15) is 0 Å². The molecule has 0 unspecified atom stereocenters. The Balaban J connectivity index is 1.46. The van der Waals surface area contributed by atoms with Crippen LogP contribution < -0.4 is 5.32 Å². The second-order valence-electron chi connectivity index (χ2n) is 8.44. The quantitative estimate of drug-likeness (QED) is 0.628. The Kier molecular flexibility index (Phi) is 6.90. The van der Waals surface area contributed by atoms with Crippen molar-refractivity contribution in [2.24, 2.45) is 17.3 Å². The van der Waals surface area contributed by atoms with E-state index in [4.69, 9.17) is 4.74 Å². The van der Waals surface area contributed by atoms with E-state index in [-0.39, 0.29) is 11.8 Å². The normalized spacial score (nSPS) is 20.8. The van der Waals surface area contributed by atoms with E-state index < -0.39 is 0 Å². The Labute approximate surface area is 142 Å². The van der Waals surface area contributed by atoms with Crippen LogP contribution in [0.2, 0.25) is 0 Å². The highest BCUT2D eigenvalue weighted by atomic mass is 16.5. The number of hydrogen-bond acceptors (Lipinski definition) is 3.